The van der Waals surface area contributed by atoms with Crippen LogP contribution in [0.4, 0.5) is 0 Å². The van der Waals surface area contributed by atoms with Gasteiger partial charge < -0.3 is 9.47 Å². The lowest BCUT2D eigenvalue weighted by atomic mass is 10.3. The molecule has 0 N–H and O–H groups in total. The zero-order chi connectivity index (χ0) is 24.8. The second-order valence-corrected chi connectivity index (χ2v) is 10.0. The van der Waals surface area contributed by atoms with Gasteiger partial charge in [0, 0.05) is 22.8 Å². The minimum atomic E-state index is -3.91. The first-order valence-electron chi connectivity index (χ1n) is 10.7. The van der Waals surface area contributed by atoms with Gasteiger partial charge in [-0.15, -0.1) is 11.8 Å². The molecule has 0 aromatic heterocycles. The van der Waals surface area contributed by atoms with Crippen molar-refractivity contribution in [3.63, 3.8) is 0 Å². The first-order chi connectivity index (χ1) is 16.4. The molecule has 9 heteroatoms. The van der Waals surface area contributed by atoms with Crippen molar-refractivity contribution < 1.29 is 32.7 Å². The Hall–Kier alpha value is -2.64. The van der Waals surface area contributed by atoms with E-state index < -0.39 is 31.7 Å². The van der Waals surface area contributed by atoms with E-state index in [-0.39, 0.29) is 13.2 Å². The highest BCUT2D eigenvalue weighted by Crippen LogP contribution is 2.50. The fourth-order valence-electron chi connectivity index (χ4n) is 2.66. The zero-order valence-corrected chi connectivity index (χ0v) is 20.7. The Morgan fingerprint density at radius 2 is 1.38 bits per heavy atom. The molecule has 0 amide bonds. The summed E-state index contributed by atoms with van der Waals surface area (Å²) in [6.07, 6.45) is 1.07. The van der Waals surface area contributed by atoms with Gasteiger partial charge in [0.15, 0.2) is 0 Å². The lowest BCUT2D eigenvalue weighted by Gasteiger charge is -2.27. The van der Waals surface area contributed by atoms with E-state index in [9.17, 15) is 14.2 Å². The van der Waals surface area contributed by atoms with Gasteiger partial charge in [0.05, 0.1) is 5.30 Å². The first kappa shape index (κ1) is 27.6. The van der Waals surface area contributed by atoms with Gasteiger partial charge in [-0.2, -0.15) is 0 Å². The molecule has 0 saturated heterocycles. The monoisotopic (exact) mass is 504 g/mol. The van der Waals surface area contributed by atoms with Crippen LogP contribution in [0.15, 0.2) is 90.9 Å². The normalized spacial score (nSPS) is 14.3. The average molecular weight is 505 g/mol. The fraction of sp³-hybridized carbons (Fsp3) is 0.280. The minimum absolute atomic E-state index is 0.115. The molecule has 2 aromatic rings. The van der Waals surface area contributed by atoms with Crippen LogP contribution in [0.3, 0.4) is 0 Å². The van der Waals surface area contributed by atoms with Crippen molar-refractivity contribution in [1.29, 1.82) is 0 Å². The summed E-state index contributed by atoms with van der Waals surface area (Å²) >= 11 is 1.47. The highest BCUT2D eigenvalue weighted by Gasteiger charge is 2.35. The second-order valence-electron chi connectivity index (χ2n) is 6.99. The van der Waals surface area contributed by atoms with Gasteiger partial charge in [-0.05, 0) is 30.7 Å². The zero-order valence-electron chi connectivity index (χ0n) is 19.0. The number of benzene rings is 2. The summed E-state index contributed by atoms with van der Waals surface area (Å²) < 4.78 is 36.3. The molecule has 3 unspecified atom stereocenters. The topological polar surface area (TPSA) is 88.1 Å². The molecule has 34 heavy (non-hydrogen) atoms. The largest absolute Gasteiger partial charge is 0.460 e. The maximum Gasteiger partial charge on any atom is 0.362 e. The van der Waals surface area contributed by atoms with E-state index in [1.165, 1.54) is 11.8 Å². The standard InChI is InChI=1S/C25H29O7PS/c1-4-20(17-29-24(26)5-2)31-33(28,22-13-9-7-10-14-22)32-21(18-30-25(27)6-3)19-34-23-15-11-8-12-16-23/h5-16,20-21H,2-4,17-19H2,1H3. The van der Waals surface area contributed by atoms with Gasteiger partial charge in [-0.1, -0.05) is 56.5 Å². The summed E-state index contributed by atoms with van der Waals surface area (Å²) in [5.41, 5.74) is 0. The molecule has 7 nitrogen and oxygen atoms in total. The highest BCUT2D eigenvalue weighted by atomic mass is 32.2. The molecule has 0 radical (unpaired) electrons. The average Bonchev–Trinajstić information content (AvgIpc) is 2.88. The van der Waals surface area contributed by atoms with Crippen molar-refractivity contribution in [3.8, 4) is 0 Å². The van der Waals surface area contributed by atoms with Gasteiger partial charge in [0.2, 0.25) is 0 Å². The van der Waals surface area contributed by atoms with Crippen molar-refractivity contribution in [2.24, 2.45) is 0 Å². The van der Waals surface area contributed by atoms with Crippen LogP contribution in [0.1, 0.15) is 13.3 Å². The summed E-state index contributed by atoms with van der Waals surface area (Å²) in [5.74, 6) is -0.876. The number of carbonyl (C=O) groups excluding carboxylic acids is 2. The summed E-state index contributed by atoms with van der Waals surface area (Å²) in [6, 6.07) is 18.1. The molecular formula is C25H29O7PS. The van der Waals surface area contributed by atoms with Crippen molar-refractivity contribution in [3.05, 3.63) is 86.0 Å². The molecule has 2 rings (SSSR count). The summed E-state index contributed by atoms with van der Waals surface area (Å²) in [5, 5.41) is 0.341. The Kier molecular flexibility index (Phi) is 11.8. The van der Waals surface area contributed by atoms with E-state index in [0.717, 1.165) is 17.0 Å². The Labute approximate surface area is 204 Å². The van der Waals surface area contributed by atoms with Crippen LogP contribution in [0, 0.1) is 0 Å². The van der Waals surface area contributed by atoms with Gasteiger partial charge in [-0.25, -0.2) is 9.59 Å². The van der Waals surface area contributed by atoms with Crippen LogP contribution >= 0.6 is 19.4 Å². The van der Waals surface area contributed by atoms with E-state index in [1.807, 2.05) is 37.3 Å². The van der Waals surface area contributed by atoms with E-state index in [0.29, 0.717) is 17.5 Å². The van der Waals surface area contributed by atoms with Crippen molar-refractivity contribution in [2.45, 2.75) is 30.4 Å². The molecule has 3 atom stereocenters. The molecule has 0 spiro atoms. The van der Waals surface area contributed by atoms with E-state index in [1.54, 1.807) is 30.3 Å². The molecule has 0 aliphatic carbocycles. The fourth-order valence-corrected chi connectivity index (χ4v) is 5.61. The molecule has 2 aromatic carbocycles. The third-order valence-electron chi connectivity index (χ3n) is 4.44. The van der Waals surface area contributed by atoms with Gasteiger partial charge in [0.25, 0.3) is 0 Å². The van der Waals surface area contributed by atoms with E-state index >= 15 is 0 Å². The minimum Gasteiger partial charge on any atom is -0.460 e. The summed E-state index contributed by atoms with van der Waals surface area (Å²) in [6.45, 7) is 8.32. The van der Waals surface area contributed by atoms with Crippen LogP contribution in [0.25, 0.3) is 0 Å². The maximum absolute atomic E-state index is 14.1. The van der Waals surface area contributed by atoms with Crippen molar-refractivity contribution >= 4 is 36.6 Å². The predicted octanol–water partition coefficient (Wildman–Crippen LogP) is 4.94. The molecule has 0 bridgehead atoms. The Bertz CT molecular complexity index is 981. The van der Waals surface area contributed by atoms with Crippen LogP contribution in [-0.2, 0) is 32.7 Å². The first-order valence-corrected chi connectivity index (χ1v) is 13.2. The van der Waals surface area contributed by atoms with E-state index in [4.69, 9.17) is 18.5 Å². The van der Waals surface area contributed by atoms with Crippen LogP contribution in [0.2, 0.25) is 0 Å². The molecule has 0 heterocycles. The molecule has 0 aliphatic rings. The number of thioether (sulfide) groups is 1. The Morgan fingerprint density at radius 1 is 0.882 bits per heavy atom. The molecule has 0 fully saturated rings. The number of hydrogen-bond acceptors (Lipinski definition) is 8. The third kappa shape index (κ3) is 9.31. The number of carbonyl (C=O) groups is 2. The number of hydrogen-bond donors (Lipinski definition) is 0. The van der Waals surface area contributed by atoms with E-state index in [2.05, 4.69) is 13.2 Å². The molecule has 182 valence electrons. The molecule has 0 aliphatic heterocycles. The summed E-state index contributed by atoms with van der Waals surface area (Å²) in [4.78, 5) is 24.1. The van der Waals surface area contributed by atoms with Crippen LogP contribution < -0.4 is 5.30 Å². The highest BCUT2D eigenvalue weighted by molar-refractivity contribution is 7.99. The van der Waals surface area contributed by atoms with Gasteiger partial charge >= 0.3 is 19.5 Å². The Balaban J connectivity index is 2.25. The smallest absolute Gasteiger partial charge is 0.362 e. The van der Waals surface area contributed by atoms with Crippen LogP contribution in [0.5, 0.6) is 0 Å². The summed E-state index contributed by atoms with van der Waals surface area (Å²) in [7, 11) is -3.91. The van der Waals surface area contributed by atoms with Gasteiger partial charge in [0.1, 0.15) is 25.4 Å². The predicted molar refractivity (Wildman–Crippen MR) is 133 cm³/mol. The number of esters is 2. The van der Waals surface area contributed by atoms with Gasteiger partial charge in [-0.3, -0.25) is 13.6 Å². The lowest BCUT2D eigenvalue weighted by Crippen LogP contribution is -2.29. The van der Waals surface area contributed by atoms with Crippen LogP contribution in [-0.4, -0.2) is 43.1 Å². The Morgan fingerprint density at radius 3 is 1.91 bits per heavy atom. The lowest BCUT2D eigenvalue weighted by molar-refractivity contribution is -0.140. The maximum atomic E-state index is 14.1. The molecule has 0 saturated carbocycles. The third-order valence-corrected chi connectivity index (χ3v) is 7.66. The SMILES string of the molecule is C=CC(=O)OCC(CC)OP(=O)(OC(COC(=O)C=C)CSc1ccccc1)c1ccccc1. The number of rotatable bonds is 15. The van der Waals surface area contributed by atoms with Crippen molar-refractivity contribution in [1.82, 2.24) is 0 Å². The van der Waals surface area contributed by atoms with Crippen molar-refractivity contribution in [2.75, 3.05) is 19.0 Å². The number of ether oxygens (including phenoxy) is 2. The second kappa shape index (κ2) is 14.6. The molecular weight excluding hydrogens is 475 g/mol. The quantitative estimate of drug-likeness (QED) is 0.146.